The number of nitriles is 1. The van der Waals surface area contributed by atoms with Gasteiger partial charge in [-0.25, -0.2) is 0 Å². The predicted molar refractivity (Wildman–Crippen MR) is 95.7 cm³/mol. The van der Waals surface area contributed by atoms with Gasteiger partial charge in [-0.3, -0.25) is 4.68 Å². The highest BCUT2D eigenvalue weighted by atomic mass is 16.5. The lowest BCUT2D eigenvalue weighted by molar-refractivity contribution is -0.0113. The molecule has 2 heterocycles. The molecule has 0 bridgehead atoms. The summed E-state index contributed by atoms with van der Waals surface area (Å²) in [6.45, 7) is 1.68. The molecule has 1 saturated carbocycles. The zero-order valence-electron chi connectivity index (χ0n) is 14.6. The topological polar surface area (TPSA) is 62.9 Å². The van der Waals surface area contributed by atoms with Crippen molar-refractivity contribution in [3.05, 3.63) is 41.6 Å². The highest BCUT2D eigenvalue weighted by Gasteiger charge is 2.35. The van der Waals surface area contributed by atoms with E-state index in [0.717, 1.165) is 43.2 Å². The second kappa shape index (κ2) is 6.99. The van der Waals surface area contributed by atoms with E-state index in [4.69, 9.17) is 10.00 Å². The first-order valence-corrected chi connectivity index (χ1v) is 9.11. The van der Waals surface area contributed by atoms with Crippen LogP contribution in [0.25, 0.3) is 11.3 Å². The summed E-state index contributed by atoms with van der Waals surface area (Å²) in [5, 5.41) is 17.3. The minimum atomic E-state index is 0.457. The summed E-state index contributed by atoms with van der Waals surface area (Å²) in [6.07, 6.45) is 7.41. The van der Waals surface area contributed by atoms with E-state index in [0.29, 0.717) is 17.7 Å². The lowest BCUT2D eigenvalue weighted by Crippen LogP contribution is -2.39. The highest BCUT2D eigenvalue weighted by molar-refractivity contribution is 5.63. The number of hydrogen-bond donors (Lipinski definition) is 1. The van der Waals surface area contributed by atoms with Gasteiger partial charge in [0.2, 0.25) is 0 Å². The number of benzene rings is 1. The van der Waals surface area contributed by atoms with Gasteiger partial charge >= 0.3 is 0 Å². The van der Waals surface area contributed by atoms with Gasteiger partial charge in [-0.1, -0.05) is 12.1 Å². The monoisotopic (exact) mass is 336 g/mol. The van der Waals surface area contributed by atoms with Gasteiger partial charge in [-0.15, -0.1) is 0 Å². The van der Waals surface area contributed by atoms with Gasteiger partial charge in [0.25, 0.3) is 0 Å². The van der Waals surface area contributed by atoms with Gasteiger partial charge < -0.3 is 10.1 Å². The Morgan fingerprint density at radius 2 is 2.08 bits per heavy atom. The Kier molecular flexibility index (Phi) is 4.56. The van der Waals surface area contributed by atoms with E-state index in [1.807, 2.05) is 36.0 Å². The molecule has 0 spiro atoms. The summed E-state index contributed by atoms with van der Waals surface area (Å²) in [5.41, 5.74) is 3.92. The van der Waals surface area contributed by atoms with Crippen LogP contribution in [0.15, 0.2) is 30.5 Å². The van der Waals surface area contributed by atoms with E-state index in [-0.39, 0.29) is 0 Å². The van der Waals surface area contributed by atoms with Crippen LogP contribution in [-0.4, -0.2) is 28.5 Å². The zero-order chi connectivity index (χ0) is 17.2. The largest absolute Gasteiger partial charge is 0.378 e. The lowest BCUT2D eigenvalue weighted by atomic mass is 9.99. The predicted octanol–water partition coefficient (Wildman–Crippen LogP) is 3.01. The molecule has 1 saturated heterocycles. The normalized spacial score (nSPS) is 23.4. The van der Waals surface area contributed by atoms with Crippen LogP contribution < -0.4 is 5.32 Å². The molecule has 1 N–H and O–H groups in total. The molecular formula is C20H24N4O. The molecule has 2 aliphatic rings. The third-order valence-electron chi connectivity index (χ3n) is 5.24. The van der Waals surface area contributed by atoms with Crippen molar-refractivity contribution in [3.63, 3.8) is 0 Å². The van der Waals surface area contributed by atoms with Crippen molar-refractivity contribution in [1.82, 2.24) is 15.1 Å². The van der Waals surface area contributed by atoms with E-state index in [1.54, 1.807) is 0 Å². The Morgan fingerprint density at radius 1 is 1.28 bits per heavy atom. The van der Waals surface area contributed by atoms with Crippen molar-refractivity contribution in [1.29, 1.82) is 5.26 Å². The van der Waals surface area contributed by atoms with Crippen LogP contribution in [0.4, 0.5) is 0 Å². The van der Waals surface area contributed by atoms with Gasteiger partial charge in [0.05, 0.1) is 23.4 Å². The van der Waals surface area contributed by atoms with Crippen LogP contribution in [0.5, 0.6) is 0 Å². The first kappa shape index (κ1) is 16.3. The van der Waals surface area contributed by atoms with Crippen molar-refractivity contribution in [2.24, 2.45) is 13.0 Å². The van der Waals surface area contributed by atoms with Gasteiger partial charge in [-0.2, -0.15) is 10.4 Å². The van der Waals surface area contributed by atoms with Gasteiger partial charge in [0, 0.05) is 43.6 Å². The molecule has 1 aliphatic carbocycles. The molecule has 2 atom stereocenters. The number of rotatable bonds is 5. The maximum Gasteiger partial charge on any atom is 0.0991 e. The maximum atomic E-state index is 8.96. The Balaban J connectivity index is 1.44. The molecule has 0 radical (unpaired) electrons. The molecule has 1 aliphatic heterocycles. The zero-order valence-corrected chi connectivity index (χ0v) is 14.6. The first-order valence-electron chi connectivity index (χ1n) is 9.11. The van der Waals surface area contributed by atoms with E-state index in [2.05, 4.69) is 22.7 Å². The fraction of sp³-hybridized carbons (Fsp3) is 0.500. The molecule has 1 aromatic carbocycles. The van der Waals surface area contributed by atoms with Crippen LogP contribution in [0.3, 0.4) is 0 Å². The van der Waals surface area contributed by atoms with Crippen molar-refractivity contribution < 1.29 is 4.74 Å². The SMILES string of the molecule is Cn1cc(CNC2CCOC(C3CC3)C2)c(-c2ccc(C#N)cc2)n1. The van der Waals surface area contributed by atoms with Gasteiger partial charge in [0.15, 0.2) is 0 Å². The quantitative estimate of drug-likeness (QED) is 0.912. The molecule has 5 heteroatoms. The molecule has 2 fully saturated rings. The summed E-state index contributed by atoms with van der Waals surface area (Å²) in [7, 11) is 1.95. The van der Waals surface area contributed by atoms with Crippen molar-refractivity contribution in [3.8, 4) is 17.3 Å². The molecule has 25 heavy (non-hydrogen) atoms. The Bertz CT molecular complexity index is 770. The lowest BCUT2D eigenvalue weighted by Gasteiger charge is -2.30. The number of ether oxygens (including phenoxy) is 1. The van der Waals surface area contributed by atoms with Gasteiger partial charge in [-0.05, 0) is 43.7 Å². The summed E-state index contributed by atoms with van der Waals surface area (Å²) in [6, 6.07) is 10.3. The first-order chi connectivity index (χ1) is 12.2. The fourth-order valence-corrected chi connectivity index (χ4v) is 3.68. The molecule has 2 aromatic rings. The molecule has 4 rings (SSSR count). The van der Waals surface area contributed by atoms with Gasteiger partial charge in [0.1, 0.15) is 0 Å². The molecule has 5 nitrogen and oxygen atoms in total. The van der Waals surface area contributed by atoms with Crippen LogP contribution in [-0.2, 0) is 18.3 Å². The Hall–Kier alpha value is -2.16. The smallest absolute Gasteiger partial charge is 0.0991 e. The van der Waals surface area contributed by atoms with Crippen molar-refractivity contribution in [2.75, 3.05) is 6.61 Å². The maximum absolute atomic E-state index is 8.96. The van der Waals surface area contributed by atoms with Crippen LogP contribution >= 0.6 is 0 Å². The Morgan fingerprint density at radius 3 is 2.80 bits per heavy atom. The third-order valence-corrected chi connectivity index (χ3v) is 5.24. The number of hydrogen-bond acceptors (Lipinski definition) is 4. The molecule has 130 valence electrons. The van der Waals surface area contributed by atoms with Crippen LogP contribution in [0.1, 0.15) is 36.8 Å². The average Bonchev–Trinajstić information content (AvgIpc) is 3.43. The summed E-state index contributed by atoms with van der Waals surface area (Å²) in [4.78, 5) is 0. The second-order valence-corrected chi connectivity index (χ2v) is 7.21. The molecule has 0 amide bonds. The summed E-state index contributed by atoms with van der Waals surface area (Å²) in [5.74, 6) is 0.803. The fourth-order valence-electron chi connectivity index (χ4n) is 3.68. The van der Waals surface area contributed by atoms with E-state index in [9.17, 15) is 0 Å². The minimum Gasteiger partial charge on any atom is -0.378 e. The van der Waals surface area contributed by atoms with Crippen molar-refractivity contribution >= 4 is 0 Å². The number of nitrogens with zero attached hydrogens (tertiary/aromatic N) is 3. The Labute approximate surface area is 148 Å². The molecule has 2 unspecified atom stereocenters. The molecular weight excluding hydrogens is 312 g/mol. The number of aromatic nitrogens is 2. The van der Waals surface area contributed by atoms with E-state index in [1.165, 1.54) is 18.4 Å². The van der Waals surface area contributed by atoms with Crippen LogP contribution in [0.2, 0.25) is 0 Å². The van der Waals surface area contributed by atoms with Crippen LogP contribution in [0, 0.1) is 17.2 Å². The van der Waals surface area contributed by atoms with Crippen molar-refractivity contribution in [2.45, 2.75) is 44.4 Å². The second-order valence-electron chi connectivity index (χ2n) is 7.21. The summed E-state index contributed by atoms with van der Waals surface area (Å²) >= 11 is 0. The standard InChI is InChI=1S/C20H24N4O/c1-24-13-17(20(23-24)16-4-2-14(11-21)3-5-16)12-22-18-8-9-25-19(10-18)15-6-7-15/h2-5,13,15,18-19,22H,6-10,12H2,1H3. The van der Waals surface area contributed by atoms with E-state index >= 15 is 0 Å². The summed E-state index contributed by atoms with van der Waals surface area (Å²) < 4.78 is 7.78. The third kappa shape index (κ3) is 3.76. The van der Waals surface area contributed by atoms with E-state index < -0.39 is 0 Å². The highest BCUT2D eigenvalue weighted by Crippen LogP contribution is 2.38. The molecule has 1 aromatic heterocycles. The number of nitrogens with one attached hydrogen (secondary N) is 1. The number of aryl methyl sites for hydroxylation is 1. The minimum absolute atomic E-state index is 0.457. The average molecular weight is 336 g/mol.